The molecule has 9 nitrogen and oxygen atoms in total. The van der Waals surface area contributed by atoms with Crippen molar-refractivity contribution in [2.24, 2.45) is 5.92 Å². The highest BCUT2D eigenvalue weighted by Crippen LogP contribution is 2.43. The topological polar surface area (TPSA) is 106 Å². The van der Waals surface area contributed by atoms with E-state index in [1.54, 1.807) is 6.07 Å². The Morgan fingerprint density at radius 1 is 1.15 bits per heavy atom. The molecule has 3 aliphatic rings. The van der Waals surface area contributed by atoms with Crippen LogP contribution in [0.4, 0.5) is 13.8 Å². The molecule has 214 valence electrons. The minimum absolute atomic E-state index is 0.0349. The van der Waals surface area contributed by atoms with E-state index in [0.29, 0.717) is 30.5 Å². The molecule has 2 aromatic heterocycles. The fourth-order valence-corrected chi connectivity index (χ4v) is 7.74. The lowest BCUT2D eigenvalue weighted by atomic mass is 9.86. The molecule has 1 amide bonds. The maximum Gasteiger partial charge on any atom is 0.324 e. The number of nitrogens with zero attached hydrogens (tertiary/aromatic N) is 5. The molecule has 4 heterocycles. The minimum Gasteiger partial charge on any atom is -0.348 e. The number of nitro groups is 1. The Morgan fingerprint density at radius 3 is 2.41 bits per heavy atom. The van der Waals surface area contributed by atoms with Gasteiger partial charge in [-0.05, 0) is 57.9 Å². The van der Waals surface area contributed by atoms with Crippen molar-refractivity contribution in [1.29, 1.82) is 0 Å². The molecule has 5 rings (SSSR count). The number of fused-ring (bicyclic) bond motifs is 2. The number of hydrogen-bond donors (Lipinski definition) is 1. The fourth-order valence-electron chi connectivity index (χ4n) is 6.84. The zero-order valence-corrected chi connectivity index (χ0v) is 23.6. The van der Waals surface area contributed by atoms with Gasteiger partial charge in [0, 0.05) is 60.3 Å². The van der Waals surface area contributed by atoms with Crippen molar-refractivity contribution in [1.82, 2.24) is 25.0 Å². The van der Waals surface area contributed by atoms with Crippen molar-refractivity contribution in [2.75, 3.05) is 6.54 Å². The van der Waals surface area contributed by atoms with Crippen LogP contribution in [0.5, 0.6) is 0 Å². The molecule has 39 heavy (non-hydrogen) atoms. The van der Waals surface area contributed by atoms with E-state index in [9.17, 15) is 23.7 Å². The first kappa shape index (κ1) is 28.1. The van der Waals surface area contributed by atoms with Gasteiger partial charge in [-0.15, -0.1) is 10.2 Å². The second-order valence-electron chi connectivity index (χ2n) is 11.8. The summed E-state index contributed by atoms with van der Waals surface area (Å²) in [5, 5.41) is 23.2. The number of alkyl halides is 2. The van der Waals surface area contributed by atoms with Gasteiger partial charge in [-0.3, -0.25) is 19.8 Å². The summed E-state index contributed by atoms with van der Waals surface area (Å²) in [7, 11) is 0. The molecule has 12 heteroatoms. The Morgan fingerprint density at radius 2 is 1.82 bits per heavy atom. The van der Waals surface area contributed by atoms with Crippen LogP contribution in [0.3, 0.4) is 0 Å². The van der Waals surface area contributed by atoms with E-state index < -0.39 is 16.8 Å². The van der Waals surface area contributed by atoms with E-state index >= 15 is 0 Å². The molecule has 2 aliphatic heterocycles. The molecule has 2 saturated heterocycles. The molecule has 0 spiro atoms. The highest BCUT2D eigenvalue weighted by atomic mass is 32.1. The van der Waals surface area contributed by atoms with Crippen LogP contribution in [0, 0.1) is 23.0 Å². The van der Waals surface area contributed by atoms with Crippen LogP contribution in [0.2, 0.25) is 0 Å². The highest BCUT2D eigenvalue weighted by molar-refractivity contribution is 7.15. The third kappa shape index (κ3) is 6.01. The third-order valence-corrected chi connectivity index (χ3v) is 10.0. The predicted molar refractivity (Wildman–Crippen MR) is 144 cm³/mol. The molecule has 1 saturated carbocycles. The number of rotatable bonds is 9. The zero-order valence-electron chi connectivity index (χ0n) is 22.8. The average Bonchev–Trinajstić information content (AvgIpc) is 3.58. The molecule has 3 fully saturated rings. The largest absolute Gasteiger partial charge is 0.348 e. The number of carbonyl (C=O) groups excluding carboxylic acids is 1. The third-order valence-electron chi connectivity index (χ3n) is 8.85. The van der Waals surface area contributed by atoms with E-state index in [2.05, 4.69) is 38.8 Å². The summed E-state index contributed by atoms with van der Waals surface area (Å²) < 4.78 is 29.6. The van der Waals surface area contributed by atoms with Gasteiger partial charge in [-0.2, -0.15) is 0 Å². The number of hydrogen-bond acceptors (Lipinski definition) is 7. The maximum atomic E-state index is 13.6. The van der Waals surface area contributed by atoms with Crippen LogP contribution in [0.25, 0.3) is 0 Å². The number of amides is 1. The molecule has 1 aliphatic carbocycles. The quantitative estimate of drug-likeness (QED) is 0.299. The molecule has 1 N–H and O–H groups in total. The first-order valence-corrected chi connectivity index (χ1v) is 14.9. The van der Waals surface area contributed by atoms with Crippen LogP contribution < -0.4 is 5.32 Å². The molecule has 4 atom stereocenters. The Hall–Kier alpha value is -2.47. The molecule has 2 aromatic rings. The summed E-state index contributed by atoms with van der Waals surface area (Å²) in [6, 6.07) is 4.01. The average molecular weight is 565 g/mol. The van der Waals surface area contributed by atoms with Crippen molar-refractivity contribution < 1.29 is 18.5 Å². The number of aromatic nitrogens is 3. The smallest absolute Gasteiger partial charge is 0.324 e. The minimum atomic E-state index is -2.70. The summed E-state index contributed by atoms with van der Waals surface area (Å²) in [6.45, 7) is 7.07. The number of piperidine rings is 1. The van der Waals surface area contributed by atoms with Gasteiger partial charge in [0.25, 0.3) is 0 Å². The number of halogens is 2. The van der Waals surface area contributed by atoms with Gasteiger partial charge in [0.1, 0.15) is 11.6 Å². The Kier molecular flexibility index (Phi) is 8.05. The summed E-state index contributed by atoms with van der Waals surface area (Å²) in [4.78, 5) is 27.3. The molecule has 2 bridgehead atoms. The zero-order chi connectivity index (χ0) is 27.9. The van der Waals surface area contributed by atoms with E-state index in [-0.39, 0.29) is 42.6 Å². The second kappa shape index (κ2) is 11.2. The van der Waals surface area contributed by atoms with E-state index in [0.717, 1.165) is 60.1 Å². The van der Waals surface area contributed by atoms with Crippen LogP contribution in [-0.2, 0) is 4.79 Å². The number of aryl methyl sites for hydroxylation is 1. The van der Waals surface area contributed by atoms with Gasteiger partial charge < -0.3 is 9.88 Å². The molecular weight excluding hydrogens is 526 g/mol. The molecular formula is C27H38F2N6O3S. The summed E-state index contributed by atoms with van der Waals surface area (Å²) >= 11 is 1.08. The van der Waals surface area contributed by atoms with Crippen LogP contribution in [0.1, 0.15) is 106 Å². The first-order chi connectivity index (χ1) is 18.5. The van der Waals surface area contributed by atoms with Crippen molar-refractivity contribution in [3.05, 3.63) is 38.8 Å². The molecule has 1 unspecified atom stereocenters. The fraction of sp³-hybridized carbons (Fsp3) is 0.741. The van der Waals surface area contributed by atoms with Crippen LogP contribution in [-0.4, -0.2) is 55.0 Å². The summed E-state index contributed by atoms with van der Waals surface area (Å²) in [6.07, 6.45) is 4.68. The van der Waals surface area contributed by atoms with Gasteiger partial charge in [-0.25, -0.2) is 8.78 Å². The normalized spacial score (nSPS) is 26.2. The SMILES string of the molecule is Cc1nnc(C(C)C)n1C1C[C@H]2CC[C@@H](C1)N2CC[C@H](NC(=O)C1CCC(F)(F)CC1)c1ccc([N+](=O)[O-])s1. The van der Waals surface area contributed by atoms with Crippen molar-refractivity contribution in [3.8, 4) is 0 Å². The number of carbonyl (C=O) groups is 1. The molecule has 0 radical (unpaired) electrons. The number of nitrogens with one attached hydrogen (secondary N) is 1. The van der Waals surface area contributed by atoms with E-state index in [1.807, 2.05) is 6.92 Å². The lowest BCUT2D eigenvalue weighted by molar-refractivity contribution is -0.380. The van der Waals surface area contributed by atoms with E-state index in [1.165, 1.54) is 6.07 Å². The monoisotopic (exact) mass is 564 g/mol. The number of thiophene rings is 1. The second-order valence-corrected chi connectivity index (χ2v) is 12.9. The standard InChI is InChI=1S/C27H38F2N6O3S/c1-16(2)25-32-31-17(3)34(25)21-14-19-4-5-20(15-21)33(19)13-10-22(23-6-7-24(39-23)35(37)38)30-26(36)18-8-11-27(28,29)12-9-18/h6-7,16,18-22H,4-5,8-15H2,1-3H3,(H,30,36)/t19-,20+,21?,22-/m0/s1. The van der Waals surface area contributed by atoms with Gasteiger partial charge >= 0.3 is 5.00 Å². The first-order valence-electron chi connectivity index (χ1n) is 14.1. The van der Waals surface area contributed by atoms with Gasteiger partial charge in [0.05, 0.1) is 11.0 Å². The van der Waals surface area contributed by atoms with Crippen LogP contribution >= 0.6 is 11.3 Å². The Labute approximate surface area is 231 Å². The van der Waals surface area contributed by atoms with Gasteiger partial charge in [0.15, 0.2) is 0 Å². The lowest BCUT2D eigenvalue weighted by Gasteiger charge is -2.40. The van der Waals surface area contributed by atoms with Crippen LogP contribution in [0.15, 0.2) is 12.1 Å². The Bertz CT molecular complexity index is 1180. The molecule has 0 aromatic carbocycles. The lowest BCUT2D eigenvalue weighted by Crippen LogP contribution is -2.45. The summed E-state index contributed by atoms with van der Waals surface area (Å²) in [5.74, 6) is -1.07. The predicted octanol–water partition coefficient (Wildman–Crippen LogP) is 5.92. The Balaban J connectivity index is 1.27. The van der Waals surface area contributed by atoms with Gasteiger partial charge in [0.2, 0.25) is 11.8 Å². The highest BCUT2D eigenvalue weighted by Gasteiger charge is 2.43. The van der Waals surface area contributed by atoms with Crippen molar-refractivity contribution >= 4 is 22.2 Å². The van der Waals surface area contributed by atoms with Crippen molar-refractivity contribution in [3.63, 3.8) is 0 Å². The van der Waals surface area contributed by atoms with Crippen molar-refractivity contribution in [2.45, 2.75) is 115 Å². The van der Waals surface area contributed by atoms with E-state index in [4.69, 9.17) is 0 Å². The maximum absolute atomic E-state index is 13.6. The van der Waals surface area contributed by atoms with Gasteiger partial charge in [-0.1, -0.05) is 25.2 Å². The summed E-state index contributed by atoms with van der Waals surface area (Å²) in [5.41, 5.74) is 0.